The maximum absolute atomic E-state index is 13.9. The van der Waals surface area contributed by atoms with Crippen LogP contribution >= 0.6 is 0 Å². The van der Waals surface area contributed by atoms with E-state index in [4.69, 9.17) is 5.10 Å². The van der Waals surface area contributed by atoms with Gasteiger partial charge >= 0.3 is 6.03 Å². The lowest BCUT2D eigenvalue weighted by atomic mass is 10.0. The molecule has 6 rings (SSSR count). The minimum absolute atomic E-state index is 0.245. The van der Waals surface area contributed by atoms with Crippen LogP contribution in [0.5, 0.6) is 0 Å². The van der Waals surface area contributed by atoms with E-state index in [1.165, 1.54) is 12.1 Å². The van der Waals surface area contributed by atoms with Gasteiger partial charge in [-0.3, -0.25) is 0 Å². The van der Waals surface area contributed by atoms with Crippen molar-refractivity contribution in [3.05, 3.63) is 131 Å². The largest absolute Gasteiger partial charge is 0.322 e. The fourth-order valence-electron chi connectivity index (χ4n) is 4.98. The zero-order valence-corrected chi connectivity index (χ0v) is 20.6. The molecule has 184 valence electrons. The molecule has 0 fully saturated rings. The Hall–Kier alpha value is -4.65. The summed E-state index contributed by atoms with van der Waals surface area (Å²) < 4.78 is 17.9. The van der Waals surface area contributed by atoms with Crippen LogP contribution in [-0.4, -0.2) is 25.3 Å². The first kappa shape index (κ1) is 22.8. The van der Waals surface area contributed by atoms with E-state index in [2.05, 4.69) is 9.88 Å². The molecule has 1 aliphatic rings. The summed E-state index contributed by atoms with van der Waals surface area (Å²) in [4.78, 5) is 15.7. The zero-order valence-electron chi connectivity index (χ0n) is 20.6. The number of amides is 2. The maximum atomic E-state index is 13.9. The Morgan fingerprint density at radius 1 is 0.919 bits per heavy atom. The third kappa shape index (κ3) is 4.08. The van der Waals surface area contributed by atoms with Gasteiger partial charge in [-0.1, -0.05) is 48.0 Å². The number of aryl methyl sites for hydroxylation is 2. The Kier molecular flexibility index (Phi) is 5.60. The van der Waals surface area contributed by atoms with Crippen molar-refractivity contribution in [3.63, 3.8) is 0 Å². The number of nitrogens with one attached hydrogen (secondary N) is 1. The number of fused-ring (bicyclic) bond motifs is 3. The number of benzene rings is 3. The van der Waals surface area contributed by atoms with E-state index >= 15 is 0 Å². The second kappa shape index (κ2) is 9.09. The van der Waals surface area contributed by atoms with Crippen LogP contribution in [0.4, 0.5) is 14.9 Å². The molecule has 3 heterocycles. The highest BCUT2D eigenvalue weighted by Crippen LogP contribution is 2.38. The van der Waals surface area contributed by atoms with Crippen molar-refractivity contribution in [1.82, 2.24) is 19.2 Å². The molecule has 5 aromatic rings. The molecular formula is C30H26FN5O. The normalized spacial score (nSPS) is 14.6. The Morgan fingerprint density at radius 3 is 2.38 bits per heavy atom. The van der Waals surface area contributed by atoms with Crippen molar-refractivity contribution < 1.29 is 9.18 Å². The number of urea groups is 1. The molecule has 0 saturated heterocycles. The number of anilines is 1. The first-order valence-electron chi connectivity index (χ1n) is 12.2. The van der Waals surface area contributed by atoms with Crippen molar-refractivity contribution in [1.29, 1.82) is 0 Å². The van der Waals surface area contributed by atoms with Crippen molar-refractivity contribution in [2.75, 3.05) is 5.32 Å². The summed E-state index contributed by atoms with van der Waals surface area (Å²) in [6.45, 7) is 4.30. The molecule has 6 nitrogen and oxygen atoms in total. The summed E-state index contributed by atoms with van der Waals surface area (Å²) in [5.41, 5.74) is 6.26. The molecule has 0 saturated carbocycles. The molecule has 3 aromatic carbocycles. The Morgan fingerprint density at radius 2 is 1.65 bits per heavy atom. The number of rotatable bonds is 3. The van der Waals surface area contributed by atoms with Crippen LogP contribution in [-0.2, 0) is 6.54 Å². The molecule has 0 aliphatic carbocycles. The average Bonchev–Trinajstić information content (AvgIpc) is 3.47. The summed E-state index contributed by atoms with van der Waals surface area (Å²) in [6, 6.07) is 27.3. The second-order valence-electron chi connectivity index (χ2n) is 9.32. The van der Waals surface area contributed by atoms with E-state index in [0.717, 1.165) is 39.6 Å². The van der Waals surface area contributed by atoms with E-state index in [9.17, 15) is 9.18 Å². The van der Waals surface area contributed by atoms with Crippen molar-refractivity contribution in [2.24, 2.45) is 0 Å². The van der Waals surface area contributed by atoms with E-state index in [0.29, 0.717) is 12.2 Å². The van der Waals surface area contributed by atoms with Gasteiger partial charge in [0.05, 0.1) is 29.7 Å². The standard InChI is InChI=1S/C30H26FN5O/c1-20-10-16-24(17-11-20)32-30(37)35-19-26-21(2)33-36(25-7-4-3-5-8-25)29(26)34-18-6-9-27(34)28(35)22-12-14-23(31)15-13-22/h3-18,28H,19H2,1-2H3,(H,32,37). The highest BCUT2D eigenvalue weighted by Gasteiger charge is 2.36. The smallest absolute Gasteiger partial charge is 0.308 e. The van der Waals surface area contributed by atoms with Crippen molar-refractivity contribution in [2.45, 2.75) is 26.4 Å². The molecule has 7 heteroatoms. The zero-order chi connectivity index (χ0) is 25.5. The molecule has 1 aliphatic heterocycles. The van der Waals surface area contributed by atoms with E-state index in [-0.39, 0.29) is 11.8 Å². The number of carbonyl (C=O) groups is 1. The minimum atomic E-state index is -0.447. The molecule has 37 heavy (non-hydrogen) atoms. The topological polar surface area (TPSA) is 55.1 Å². The van der Waals surface area contributed by atoms with E-state index in [1.54, 1.807) is 17.0 Å². The molecule has 0 spiro atoms. The first-order chi connectivity index (χ1) is 18.0. The van der Waals surface area contributed by atoms with Crippen LogP contribution in [0.3, 0.4) is 0 Å². The highest BCUT2D eigenvalue weighted by atomic mass is 19.1. The van der Waals surface area contributed by atoms with Crippen LogP contribution in [0.2, 0.25) is 0 Å². The number of halogens is 1. The average molecular weight is 492 g/mol. The predicted molar refractivity (Wildman–Crippen MR) is 142 cm³/mol. The lowest BCUT2D eigenvalue weighted by molar-refractivity contribution is 0.194. The lowest BCUT2D eigenvalue weighted by Gasteiger charge is -2.31. The van der Waals surface area contributed by atoms with Gasteiger partial charge in [-0.2, -0.15) is 5.10 Å². The maximum Gasteiger partial charge on any atom is 0.322 e. The predicted octanol–water partition coefficient (Wildman–Crippen LogP) is 6.56. The van der Waals surface area contributed by atoms with Gasteiger partial charge in [0, 0.05) is 17.4 Å². The van der Waals surface area contributed by atoms with Gasteiger partial charge in [0.1, 0.15) is 11.6 Å². The number of hydrogen-bond donors (Lipinski definition) is 1. The summed E-state index contributed by atoms with van der Waals surface area (Å²) >= 11 is 0. The Bertz CT molecular complexity index is 1570. The number of carbonyl (C=O) groups excluding carboxylic acids is 1. The molecular weight excluding hydrogens is 465 g/mol. The SMILES string of the molecule is Cc1ccc(NC(=O)N2Cc3c(C)nn(-c4ccccc4)c3-n3cccc3C2c2ccc(F)cc2)cc1. The number of hydrogen-bond acceptors (Lipinski definition) is 2. The molecule has 2 amide bonds. The quantitative estimate of drug-likeness (QED) is 0.311. The van der Waals surface area contributed by atoms with Gasteiger partial charge in [-0.25, -0.2) is 13.9 Å². The van der Waals surface area contributed by atoms with Crippen LogP contribution in [0.25, 0.3) is 11.5 Å². The first-order valence-corrected chi connectivity index (χ1v) is 12.2. The lowest BCUT2D eigenvalue weighted by Crippen LogP contribution is -2.38. The van der Waals surface area contributed by atoms with Crippen molar-refractivity contribution >= 4 is 11.7 Å². The molecule has 2 aromatic heterocycles. The van der Waals surface area contributed by atoms with Crippen LogP contribution in [0.1, 0.15) is 34.1 Å². The Labute approximate surface area is 214 Å². The summed E-state index contributed by atoms with van der Waals surface area (Å²) in [7, 11) is 0. The van der Waals surface area contributed by atoms with Crippen LogP contribution in [0.15, 0.2) is 97.2 Å². The van der Waals surface area contributed by atoms with Gasteiger partial charge in [-0.15, -0.1) is 0 Å². The van der Waals surface area contributed by atoms with Gasteiger partial charge in [0.2, 0.25) is 0 Å². The van der Waals surface area contributed by atoms with Crippen molar-refractivity contribution in [3.8, 4) is 11.5 Å². The van der Waals surface area contributed by atoms with Crippen LogP contribution in [0, 0.1) is 19.7 Å². The van der Waals surface area contributed by atoms with Gasteiger partial charge in [0.25, 0.3) is 0 Å². The fourth-order valence-corrected chi connectivity index (χ4v) is 4.98. The monoisotopic (exact) mass is 491 g/mol. The molecule has 0 bridgehead atoms. The second-order valence-corrected chi connectivity index (χ2v) is 9.32. The number of para-hydroxylation sites is 1. The summed E-state index contributed by atoms with van der Waals surface area (Å²) in [6.07, 6.45) is 1.99. The van der Waals surface area contributed by atoms with Gasteiger partial charge < -0.3 is 14.8 Å². The van der Waals surface area contributed by atoms with E-state index in [1.807, 2.05) is 91.5 Å². The van der Waals surface area contributed by atoms with E-state index < -0.39 is 6.04 Å². The third-order valence-electron chi connectivity index (χ3n) is 6.84. The number of nitrogens with zero attached hydrogens (tertiary/aromatic N) is 4. The van der Waals surface area contributed by atoms with Gasteiger partial charge in [0.15, 0.2) is 0 Å². The molecule has 0 radical (unpaired) electrons. The minimum Gasteiger partial charge on any atom is -0.308 e. The number of aromatic nitrogens is 3. The molecule has 1 atom stereocenters. The van der Waals surface area contributed by atoms with Crippen LogP contribution < -0.4 is 5.32 Å². The molecule has 1 N–H and O–H groups in total. The Balaban J connectivity index is 1.53. The third-order valence-corrected chi connectivity index (χ3v) is 6.84. The highest BCUT2D eigenvalue weighted by molar-refractivity contribution is 5.90. The molecule has 1 unspecified atom stereocenters. The summed E-state index contributed by atoms with van der Waals surface area (Å²) in [5, 5.41) is 7.93. The summed E-state index contributed by atoms with van der Waals surface area (Å²) in [5.74, 6) is 0.573. The van der Waals surface area contributed by atoms with Gasteiger partial charge in [-0.05, 0) is 67.9 Å². The fraction of sp³-hybridized carbons (Fsp3) is 0.133.